The Hall–Kier alpha value is -1.65. The van der Waals surface area contributed by atoms with Gasteiger partial charge >= 0.3 is 16.5 Å². The van der Waals surface area contributed by atoms with Crippen LogP contribution in [0.1, 0.15) is 20.8 Å². The smallest absolute Gasteiger partial charge is 0.352 e. The van der Waals surface area contributed by atoms with Crippen LogP contribution < -0.4 is 0 Å². The summed E-state index contributed by atoms with van der Waals surface area (Å²) in [5, 5.41) is 11.5. The minimum absolute atomic E-state index is 0.303. The third-order valence-electron chi connectivity index (χ3n) is 2.32. The van der Waals surface area contributed by atoms with E-state index in [0.717, 1.165) is 24.3 Å². The average molecular weight is 337 g/mol. The summed E-state index contributed by atoms with van der Waals surface area (Å²) in [6, 6.07) is 3.94. The molecule has 0 fully saturated rings. The van der Waals surface area contributed by atoms with Crippen molar-refractivity contribution >= 4 is 26.6 Å². The summed E-state index contributed by atoms with van der Waals surface area (Å²) in [7, 11) is -8.91. The standard InChI is InChI=1S/C11H15NO7S2/c1-11(2,3)12(13)8-19-21(17,18)10-6-4-5-9(7-10)20(14,15)16/h4-8H,1-3H3,(H,14,15,16). The van der Waals surface area contributed by atoms with E-state index in [0.29, 0.717) is 11.1 Å². The van der Waals surface area contributed by atoms with Crippen molar-refractivity contribution in [2.45, 2.75) is 36.1 Å². The van der Waals surface area contributed by atoms with Crippen molar-refractivity contribution in [2.75, 3.05) is 0 Å². The summed E-state index contributed by atoms with van der Waals surface area (Å²) in [5.74, 6) is 0. The second kappa shape index (κ2) is 5.62. The van der Waals surface area contributed by atoms with Crippen LogP contribution in [0.25, 0.3) is 0 Å². The molecule has 21 heavy (non-hydrogen) atoms. The quantitative estimate of drug-likeness (QED) is 0.165. The van der Waals surface area contributed by atoms with Crippen LogP contribution in [0, 0.1) is 5.21 Å². The topological polar surface area (TPSA) is 124 Å². The highest BCUT2D eigenvalue weighted by atomic mass is 32.2. The number of nitrogens with zero attached hydrogens (tertiary/aromatic N) is 1. The van der Waals surface area contributed by atoms with E-state index in [-0.39, 0.29) is 0 Å². The van der Waals surface area contributed by atoms with Crippen molar-refractivity contribution in [3.8, 4) is 0 Å². The summed E-state index contributed by atoms with van der Waals surface area (Å²) >= 11 is 0. The Kier molecular flexibility index (Phi) is 4.66. The van der Waals surface area contributed by atoms with Crippen LogP contribution >= 0.6 is 0 Å². The molecule has 1 aromatic carbocycles. The fourth-order valence-electron chi connectivity index (χ4n) is 1.10. The van der Waals surface area contributed by atoms with E-state index in [4.69, 9.17) is 4.55 Å². The van der Waals surface area contributed by atoms with Crippen molar-refractivity contribution in [2.24, 2.45) is 0 Å². The number of benzene rings is 1. The van der Waals surface area contributed by atoms with Gasteiger partial charge in [0.2, 0.25) is 0 Å². The van der Waals surface area contributed by atoms with Gasteiger partial charge in [0.1, 0.15) is 4.90 Å². The fraction of sp³-hybridized carbons (Fsp3) is 0.364. The molecule has 0 heterocycles. The molecule has 0 aliphatic rings. The summed E-state index contributed by atoms with van der Waals surface area (Å²) < 4.78 is 59.3. The van der Waals surface area contributed by atoms with Gasteiger partial charge in [-0.3, -0.25) is 4.55 Å². The van der Waals surface area contributed by atoms with Crippen molar-refractivity contribution in [1.82, 2.24) is 0 Å². The molecule has 118 valence electrons. The lowest BCUT2D eigenvalue weighted by atomic mass is 10.1. The third kappa shape index (κ3) is 4.69. The number of hydrogen-bond donors (Lipinski definition) is 1. The summed E-state index contributed by atoms with van der Waals surface area (Å²) in [6.45, 7) is 4.64. The molecule has 0 radical (unpaired) electrons. The Morgan fingerprint density at radius 1 is 1.19 bits per heavy atom. The molecule has 8 nitrogen and oxygen atoms in total. The summed E-state index contributed by atoms with van der Waals surface area (Å²) in [6.07, 6.45) is 0.482. The van der Waals surface area contributed by atoms with Gasteiger partial charge in [-0.2, -0.15) is 21.6 Å². The third-order valence-corrected chi connectivity index (χ3v) is 4.34. The van der Waals surface area contributed by atoms with Crippen LogP contribution in [0.5, 0.6) is 0 Å². The molecule has 10 heteroatoms. The van der Waals surface area contributed by atoms with E-state index < -0.39 is 35.6 Å². The Labute approximate surface area is 123 Å². The second-order valence-corrected chi connectivity index (χ2v) is 8.10. The van der Waals surface area contributed by atoms with Gasteiger partial charge in [0, 0.05) is 20.8 Å². The molecular weight excluding hydrogens is 322 g/mol. The molecule has 0 amide bonds. The van der Waals surface area contributed by atoms with Crippen LogP contribution in [0.2, 0.25) is 0 Å². The molecule has 0 saturated heterocycles. The van der Waals surface area contributed by atoms with Gasteiger partial charge in [-0.25, -0.2) is 0 Å². The van der Waals surface area contributed by atoms with Crippen LogP contribution in [0.15, 0.2) is 34.1 Å². The molecule has 0 spiro atoms. The molecule has 1 aromatic rings. The SMILES string of the molecule is CC(C)(C)[N+]([O-])=COS(=O)(=O)c1cccc(S(=O)(=O)O)c1. The van der Waals surface area contributed by atoms with Crippen LogP contribution in [0.4, 0.5) is 0 Å². The molecule has 0 aliphatic carbocycles. The van der Waals surface area contributed by atoms with E-state index in [1.165, 1.54) is 0 Å². The predicted octanol–water partition coefficient (Wildman–Crippen LogP) is 0.976. The average Bonchev–Trinajstić information content (AvgIpc) is 2.34. The van der Waals surface area contributed by atoms with Crippen LogP contribution in [-0.4, -0.2) is 38.1 Å². The zero-order valence-electron chi connectivity index (χ0n) is 11.5. The lowest BCUT2D eigenvalue weighted by Crippen LogP contribution is -2.30. The van der Waals surface area contributed by atoms with Gasteiger partial charge in [0.15, 0.2) is 5.54 Å². The Morgan fingerprint density at radius 2 is 1.71 bits per heavy atom. The Bertz CT molecular complexity index is 758. The molecule has 1 rings (SSSR count). The Balaban J connectivity index is 3.16. The maximum Gasteiger partial charge on any atom is 0.352 e. The molecule has 0 saturated carbocycles. The zero-order chi connectivity index (χ0) is 16.5. The largest absolute Gasteiger partial charge is 0.621 e. The minimum atomic E-state index is -4.54. The summed E-state index contributed by atoms with van der Waals surface area (Å²) in [4.78, 5) is -1.10. The van der Waals surface area contributed by atoms with Crippen molar-refractivity contribution < 1.29 is 30.3 Å². The minimum Gasteiger partial charge on any atom is -0.621 e. The summed E-state index contributed by atoms with van der Waals surface area (Å²) in [5.41, 5.74) is -0.897. The normalized spacial score (nSPS) is 14.0. The second-order valence-electron chi connectivity index (χ2n) is 5.10. The lowest BCUT2D eigenvalue weighted by Gasteiger charge is -2.17. The highest BCUT2D eigenvalue weighted by Crippen LogP contribution is 2.17. The predicted molar refractivity (Wildman–Crippen MR) is 74.0 cm³/mol. The Morgan fingerprint density at radius 3 is 2.19 bits per heavy atom. The highest BCUT2D eigenvalue weighted by molar-refractivity contribution is 7.87. The van der Waals surface area contributed by atoms with Gasteiger partial charge < -0.3 is 9.39 Å². The molecule has 0 unspecified atom stereocenters. The highest BCUT2D eigenvalue weighted by Gasteiger charge is 2.23. The van der Waals surface area contributed by atoms with E-state index in [1.54, 1.807) is 20.8 Å². The number of rotatable bonds is 4. The molecule has 0 aromatic heterocycles. The number of hydrogen-bond acceptors (Lipinski definition) is 6. The first-order valence-corrected chi connectivity index (χ1v) is 8.49. The molecule has 1 N–H and O–H groups in total. The first-order chi connectivity index (χ1) is 9.34. The van der Waals surface area contributed by atoms with Gasteiger partial charge in [-0.15, -0.1) is 0 Å². The monoisotopic (exact) mass is 337 g/mol. The van der Waals surface area contributed by atoms with Crippen molar-refractivity contribution in [1.29, 1.82) is 0 Å². The van der Waals surface area contributed by atoms with E-state index in [1.807, 2.05) is 0 Å². The van der Waals surface area contributed by atoms with Crippen molar-refractivity contribution in [3.63, 3.8) is 0 Å². The van der Waals surface area contributed by atoms with E-state index >= 15 is 0 Å². The first-order valence-electron chi connectivity index (χ1n) is 5.65. The van der Waals surface area contributed by atoms with Gasteiger partial charge in [0.05, 0.1) is 4.90 Å². The number of hydroxylamine groups is 1. The van der Waals surface area contributed by atoms with Gasteiger partial charge in [-0.1, -0.05) is 6.07 Å². The maximum atomic E-state index is 11.8. The van der Waals surface area contributed by atoms with Gasteiger partial charge in [-0.05, 0) is 18.2 Å². The molecular formula is C11H15NO7S2. The van der Waals surface area contributed by atoms with E-state index in [2.05, 4.69) is 4.18 Å². The fourth-order valence-corrected chi connectivity index (χ4v) is 2.52. The first kappa shape index (κ1) is 17.4. The molecule has 0 atom stereocenters. The maximum absolute atomic E-state index is 11.8. The van der Waals surface area contributed by atoms with Crippen LogP contribution in [0.3, 0.4) is 0 Å². The molecule has 0 aliphatic heterocycles. The molecule has 0 bridgehead atoms. The van der Waals surface area contributed by atoms with Crippen molar-refractivity contribution in [3.05, 3.63) is 29.5 Å². The van der Waals surface area contributed by atoms with Gasteiger partial charge in [0.25, 0.3) is 10.1 Å². The zero-order valence-corrected chi connectivity index (χ0v) is 13.2. The lowest BCUT2D eigenvalue weighted by molar-refractivity contribution is -0.536. The van der Waals surface area contributed by atoms with E-state index in [9.17, 15) is 22.0 Å². The van der Waals surface area contributed by atoms with Crippen LogP contribution in [-0.2, 0) is 24.4 Å².